The first-order valence-corrected chi connectivity index (χ1v) is 5.56. The average Bonchev–Trinajstić information content (AvgIpc) is 2.43. The van der Waals surface area contributed by atoms with E-state index in [9.17, 15) is 9.50 Å². The molecule has 1 saturated carbocycles. The normalized spacial score (nSPS) is 27.3. The van der Waals surface area contributed by atoms with Gasteiger partial charge in [0, 0.05) is 12.1 Å². The van der Waals surface area contributed by atoms with Crippen molar-refractivity contribution >= 4 is 0 Å². The summed E-state index contributed by atoms with van der Waals surface area (Å²) in [5.41, 5.74) is 0.837. The molecule has 0 saturated heterocycles. The van der Waals surface area contributed by atoms with Crippen molar-refractivity contribution in [3.63, 3.8) is 0 Å². The fourth-order valence-electron chi connectivity index (χ4n) is 2.31. The maximum atomic E-state index is 13.0. The summed E-state index contributed by atoms with van der Waals surface area (Å²) in [6.07, 6.45) is 7.63. The highest BCUT2D eigenvalue weighted by Gasteiger charge is 2.23. The van der Waals surface area contributed by atoms with Crippen molar-refractivity contribution in [3.8, 4) is 0 Å². The van der Waals surface area contributed by atoms with E-state index in [0.717, 1.165) is 37.7 Å². The monoisotopic (exact) mass is 209 g/mol. The van der Waals surface area contributed by atoms with Gasteiger partial charge >= 0.3 is 0 Å². The molecule has 2 rings (SSSR count). The molecule has 1 aromatic rings. The van der Waals surface area contributed by atoms with Crippen molar-refractivity contribution in [2.75, 3.05) is 0 Å². The van der Waals surface area contributed by atoms with Crippen LogP contribution in [0.15, 0.2) is 18.5 Å². The van der Waals surface area contributed by atoms with Gasteiger partial charge < -0.3 is 5.11 Å². The van der Waals surface area contributed by atoms with Crippen LogP contribution in [-0.4, -0.2) is 16.2 Å². The Morgan fingerprint density at radius 3 is 2.80 bits per heavy atom. The Balaban J connectivity index is 2.20. The predicted molar refractivity (Wildman–Crippen MR) is 56.0 cm³/mol. The molecule has 1 aliphatic rings. The van der Waals surface area contributed by atoms with Crippen molar-refractivity contribution in [3.05, 3.63) is 29.8 Å². The Labute approximate surface area is 89.2 Å². The zero-order valence-electron chi connectivity index (χ0n) is 8.69. The third kappa shape index (κ3) is 2.53. The average molecular weight is 209 g/mol. The summed E-state index contributed by atoms with van der Waals surface area (Å²) >= 11 is 0. The minimum Gasteiger partial charge on any atom is -0.392 e. The molecule has 1 aliphatic carbocycles. The van der Waals surface area contributed by atoms with Gasteiger partial charge in [0.05, 0.1) is 12.3 Å². The van der Waals surface area contributed by atoms with Crippen molar-refractivity contribution < 1.29 is 9.50 Å². The van der Waals surface area contributed by atoms with Gasteiger partial charge in [-0.1, -0.05) is 19.3 Å². The van der Waals surface area contributed by atoms with Gasteiger partial charge in [-0.3, -0.25) is 4.98 Å². The lowest BCUT2D eigenvalue weighted by molar-refractivity contribution is 0.135. The highest BCUT2D eigenvalue weighted by atomic mass is 19.1. The van der Waals surface area contributed by atoms with E-state index in [-0.39, 0.29) is 17.8 Å². The van der Waals surface area contributed by atoms with Gasteiger partial charge in [-0.05, 0) is 24.5 Å². The summed E-state index contributed by atoms with van der Waals surface area (Å²) in [5, 5.41) is 9.94. The number of aliphatic hydroxyl groups is 1. The van der Waals surface area contributed by atoms with Gasteiger partial charge in [0.15, 0.2) is 0 Å². The standard InChI is InChI=1S/C12H16FNO/c13-10-6-9(7-14-8-10)11-4-2-1-3-5-12(11)15/h6-8,11-12,15H,1-5H2. The minimum atomic E-state index is -0.337. The largest absolute Gasteiger partial charge is 0.392 e. The van der Waals surface area contributed by atoms with Crippen LogP contribution in [0.25, 0.3) is 0 Å². The van der Waals surface area contributed by atoms with Gasteiger partial charge in [-0.25, -0.2) is 4.39 Å². The summed E-state index contributed by atoms with van der Waals surface area (Å²) in [4.78, 5) is 3.84. The predicted octanol–water partition coefficient (Wildman–Crippen LogP) is 2.63. The molecular weight excluding hydrogens is 193 g/mol. The van der Waals surface area contributed by atoms with E-state index in [1.807, 2.05) is 0 Å². The molecule has 1 heterocycles. The highest BCUT2D eigenvalue weighted by Crippen LogP contribution is 2.31. The number of halogens is 1. The summed E-state index contributed by atoms with van der Waals surface area (Å²) in [6, 6.07) is 1.49. The Hall–Kier alpha value is -0.960. The van der Waals surface area contributed by atoms with Crippen molar-refractivity contribution in [1.82, 2.24) is 4.98 Å². The van der Waals surface area contributed by atoms with E-state index in [1.54, 1.807) is 6.20 Å². The molecule has 0 bridgehead atoms. The van der Waals surface area contributed by atoms with Gasteiger partial charge in [0.25, 0.3) is 0 Å². The first kappa shape index (κ1) is 10.6. The van der Waals surface area contributed by atoms with E-state index in [2.05, 4.69) is 4.98 Å². The molecule has 0 aliphatic heterocycles. The van der Waals surface area contributed by atoms with Crippen LogP contribution in [0.2, 0.25) is 0 Å². The highest BCUT2D eigenvalue weighted by molar-refractivity contribution is 5.17. The van der Waals surface area contributed by atoms with Crippen LogP contribution in [0.1, 0.15) is 43.6 Å². The van der Waals surface area contributed by atoms with Gasteiger partial charge in [0.1, 0.15) is 5.82 Å². The van der Waals surface area contributed by atoms with E-state index in [0.29, 0.717) is 0 Å². The van der Waals surface area contributed by atoms with Crippen molar-refractivity contribution in [1.29, 1.82) is 0 Å². The number of nitrogens with zero attached hydrogens (tertiary/aromatic N) is 1. The van der Waals surface area contributed by atoms with Crippen LogP contribution in [0.4, 0.5) is 4.39 Å². The van der Waals surface area contributed by atoms with Crippen LogP contribution >= 0.6 is 0 Å². The zero-order chi connectivity index (χ0) is 10.7. The van der Waals surface area contributed by atoms with Crippen molar-refractivity contribution in [2.24, 2.45) is 0 Å². The Bertz CT molecular complexity index is 329. The molecule has 0 aromatic carbocycles. The molecule has 0 amide bonds. The molecule has 1 aromatic heterocycles. The number of aromatic nitrogens is 1. The van der Waals surface area contributed by atoms with E-state index in [1.165, 1.54) is 12.3 Å². The Kier molecular flexibility index (Phi) is 3.31. The number of hydrogen-bond acceptors (Lipinski definition) is 2. The van der Waals surface area contributed by atoms with E-state index in [4.69, 9.17) is 0 Å². The molecule has 0 spiro atoms. The lowest BCUT2D eigenvalue weighted by Gasteiger charge is -2.20. The topological polar surface area (TPSA) is 33.1 Å². The van der Waals surface area contributed by atoms with Crippen molar-refractivity contribution in [2.45, 2.75) is 44.1 Å². The number of aliphatic hydroxyl groups excluding tert-OH is 1. The fraction of sp³-hybridized carbons (Fsp3) is 0.583. The smallest absolute Gasteiger partial charge is 0.141 e. The summed E-state index contributed by atoms with van der Waals surface area (Å²) < 4.78 is 13.0. The Morgan fingerprint density at radius 2 is 2.00 bits per heavy atom. The minimum absolute atomic E-state index is 0.0655. The molecule has 2 nitrogen and oxygen atoms in total. The number of hydrogen-bond donors (Lipinski definition) is 1. The maximum absolute atomic E-state index is 13.0. The second-order valence-electron chi connectivity index (χ2n) is 4.25. The molecule has 2 atom stereocenters. The molecule has 15 heavy (non-hydrogen) atoms. The fourth-order valence-corrected chi connectivity index (χ4v) is 2.31. The maximum Gasteiger partial charge on any atom is 0.141 e. The molecule has 3 heteroatoms. The summed E-state index contributed by atoms with van der Waals surface area (Å²) in [5.74, 6) is -0.250. The van der Waals surface area contributed by atoms with Crippen LogP contribution in [0.3, 0.4) is 0 Å². The second kappa shape index (κ2) is 4.71. The first-order valence-electron chi connectivity index (χ1n) is 5.56. The van der Waals surface area contributed by atoms with Gasteiger partial charge in [-0.2, -0.15) is 0 Å². The molecule has 1 N–H and O–H groups in total. The van der Waals surface area contributed by atoms with Gasteiger partial charge in [-0.15, -0.1) is 0 Å². The van der Waals surface area contributed by atoms with Crippen LogP contribution in [-0.2, 0) is 0 Å². The third-order valence-corrected chi connectivity index (χ3v) is 3.13. The quantitative estimate of drug-likeness (QED) is 0.721. The SMILES string of the molecule is OC1CCCCCC1c1cncc(F)c1. The lowest BCUT2D eigenvalue weighted by atomic mass is 9.90. The first-order chi connectivity index (χ1) is 7.27. The van der Waals surface area contributed by atoms with Crippen LogP contribution in [0.5, 0.6) is 0 Å². The lowest BCUT2D eigenvalue weighted by Crippen LogP contribution is -2.17. The third-order valence-electron chi connectivity index (χ3n) is 3.13. The molecule has 1 fully saturated rings. The number of pyridine rings is 1. The van der Waals surface area contributed by atoms with E-state index >= 15 is 0 Å². The molecule has 2 unspecified atom stereocenters. The Morgan fingerprint density at radius 1 is 1.20 bits per heavy atom. The number of rotatable bonds is 1. The second-order valence-corrected chi connectivity index (χ2v) is 4.25. The molecule has 82 valence electrons. The van der Waals surface area contributed by atoms with E-state index < -0.39 is 0 Å². The molecular formula is C12H16FNO. The van der Waals surface area contributed by atoms with Crippen LogP contribution < -0.4 is 0 Å². The summed E-state index contributed by atoms with van der Waals surface area (Å²) in [7, 11) is 0. The summed E-state index contributed by atoms with van der Waals surface area (Å²) in [6.45, 7) is 0. The van der Waals surface area contributed by atoms with Crippen LogP contribution in [0, 0.1) is 5.82 Å². The zero-order valence-corrected chi connectivity index (χ0v) is 8.69. The molecule has 0 radical (unpaired) electrons. The van der Waals surface area contributed by atoms with Gasteiger partial charge in [0.2, 0.25) is 0 Å².